The molecule has 10 nitrogen and oxygen atoms in total. The van der Waals surface area contributed by atoms with Crippen LogP contribution in [0, 0.1) is 30.5 Å². The first-order chi connectivity index (χ1) is 28.4. The van der Waals surface area contributed by atoms with E-state index in [4.69, 9.17) is 26.1 Å². The number of piperidine rings is 1. The van der Waals surface area contributed by atoms with Gasteiger partial charge in [0, 0.05) is 73.4 Å². The fourth-order valence-corrected chi connectivity index (χ4v) is 9.08. The normalized spacial score (nSPS) is 19.3. The third-order valence-electron chi connectivity index (χ3n) is 13.0. The number of halogens is 1. The summed E-state index contributed by atoms with van der Waals surface area (Å²) in [5.41, 5.74) is 2.87. The van der Waals surface area contributed by atoms with Crippen LogP contribution in [0.3, 0.4) is 0 Å². The third kappa shape index (κ3) is 10.3. The van der Waals surface area contributed by atoms with Crippen LogP contribution in [-0.2, 0) is 4.79 Å². The average Bonchev–Trinajstić information content (AvgIpc) is 3.55. The minimum Gasteiger partial charge on any atom is -0.508 e. The first-order valence-electron chi connectivity index (χ1n) is 22.2. The summed E-state index contributed by atoms with van der Waals surface area (Å²) in [6.45, 7) is 15.3. The van der Waals surface area contributed by atoms with Crippen LogP contribution in [0.15, 0.2) is 30.5 Å². The Hall–Kier alpha value is -4.53. The van der Waals surface area contributed by atoms with Gasteiger partial charge in [0.1, 0.15) is 23.5 Å². The van der Waals surface area contributed by atoms with Crippen LogP contribution in [0.1, 0.15) is 122 Å². The quantitative estimate of drug-likeness (QED) is 0.0755. The lowest BCUT2D eigenvalue weighted by Crippen LogP contribution is -2.51. The number of nitrogens with one attached hydrogen (secondary N) is 2. The van der Waals surface area contributed by atoms with Crippen LogP contribution >= 0.6 is 0 Å². The van der Waals surface area contributed by atoms with Gasteiger partial charge in [-0.05, 0) is 87.9 Å². The monoisotopic (exact) mass is 806 g/mol. The number of pyridine rings is 1. The van der Waals surface area contributed by atoms with Crippen LogP contribution in [0.4, 0.5) is 10.2 Å². The summed E-state index contributed by atoms with van der Waals surface area (Å²) in [5.74, 6) is 3.09. The number of amides is 1. The minimum atomic E-state index is -0.492. The summed E-state index contributed by atoms with van der Waals surface area (Å²) >= 11 is 0. The topological polar surface area (TPSA) is 116 Å². The molecule has 0 saturated carbocycles. The molecule has 3 saturated heterocycles. The van der Waals surface area contributed by atoms with E-state index in [2.05, 4.69) is 54.0 Å². The maximum atomic E-state index is 15.0. The molecule has 3 aliphatic rings. The third-order valence-corrected chi connectivity index (χ3v) is 13.0. The Kier molecular flexibility index (Phi) is 13.6. The summed E-state index contributed by atoms with van der Waals surface area (Å²) in [5, 5.41) is 19.6. The number of likely N-dealkylation sites (tertiary alicyclic amines) is 1. The zero-order valence-electron chi connectivity index (χ0n) is 35.9. The second-order valence-electron chi connectivity index (χ2n) is 18.4. The zero-order chi connectivity index (χ0) is 41.7. The molecule has 2 bridgehead atoms. The van der Waals surface area contributed by atoms with Gasteiger partial charge in [-0.3, -0.25) is 9.78 Å². The molecule has 5 heterocycles. The lowest BCUT2D eigenvalue weighted by Gasteiger charge is -2.35. The van der Waals surface area contributed by atoms with Crippen molar-refractivity contribution in [1.29, 1.82) is 0 Å². The number of carbonyl (C=O) groups excluding carboxylic acids is 1. The van der Waals surface area contributed by atoms with Crippen molar-refractivity contribution in [3.05, 3.63) is 47.4 Å². The summed E-state index contributed by atoms with van der Waals surface area (Å²) in [7, 11) is 0. The highest BCUT2D eigenvalue weighted by Gasteiger charge is 2.34. The molecule has 3 aliphatic heterocycles. The van der Waals surface area contributed by atoms with Crippen molar-refractivity contribution in [2.75, 3.05) is 37.6 Å². The molecular weight excluding hydrogens is 742 g/mol. The van der Waals surface area contributed by atoms with E-state index in [-0.39, 0.29) is 34.8 Å². The summed E-state index contributed by atoms with van der Waals surface area (Å²) in [4.78, 5) is 32.2. The van der Waals surface area contributed by atoms with E-state index in [9.17, 15) is 9.90 Å². The second kappa shape index (κ2) is 18.8. The number of hydrogen-bond acceptors (Lipinski definition) is 9. The number of carbonyl (C=O) groups is 1. The lowest BCUT2D eigenvalue weighted by atomic mass is 9.88. The van der Waals surface area contributed by atoms with Gasteiger partial charge in [0.25, 0.3) is 0 Å². The van der Waals surface area contributed by atoms with Crippen molar-refractivity contribution in [1.82, 2.24) is 30.5 Å². The van der Waals surface area contributed by atoms with Crippen LogP contribution in [0.2, 0.25) is 0 Å². The molecule has 4 aromatic rings. The van der Waals surface area contributed by atoms with Crippen LogP contribution < -0.4 is 20.3 Å². The van der Waals surface area contributed by atoms with Gasteiger partial charge in [0.15, 0.2) is 0 Å². The molecule has 2 aromatic carbocycles. The Morgan fingerprint density at radius 2 is 1.69 bits per heavy atom. The van der Waals surface area contributed by atoms with Gasteiger partial charge >= 0.3 is 6.01 Å². The highest BCUT2D eigenvalue weighted by Crippen LogP contribution is 2.40. The van der Waals surface area contributed by atoms with Gasteiger partial charge in [-0.25, -0.2) is 4.39 Å². The largest absolute Gasteiger partial charge is 0.508 e. The average molecular weight is 806 g/mol. The molecule has 2 aromatic heterocycles. The fourth-order valence-electron chi connectivity index (χ4n) is 9.08. The number of ether oxygens (including phenoxy) is 1. The number of anilines is 1. The molecule has 3 N–H and O–H groups in total. The SMILES string of the molecule is C#Cc1c(F)ccc2cc(O)cc(-c3ncc4c(N5CC6CCC(C5)N6)nc(OC5CCN(CCCCCCCCCCC(=O)NC(C)C(C)(C)C)CC5)nc4c3C)c12. The molecule has 3 unspecified atom stereocenters. The number of fused-ring (bicyclic) bond motifs is 4. The Bertz CT molecular complexity index is 2140. The first kappa shape index (κ1) is 42.6. The van der Waals surface area contributed by atoms with Gasteiger partial charge in [-0.15, -0.1) is 6.42 Å². The number of nitrogens with zero attached hydrogens (tertiary/aromatic N) is 5. The zero-order valence-corrected chi connectivity index (χ0v) is 35.9. The Morgan fingerprint density at radius 1 is 1.02 bits per heavy atom. The standard InChI is InChI=1S/C48H64FN7O3/c1-7-38-41(49)20-17-33-26-36(57)27-39(43(33)38)44-31(2)45-40(28-50-44)46(56-29-34-18-19-35(30-56)52-34)54-47(53-45)59-37-21-24-55(25-22-37)23-15-13-11-9-8-10-12-14-16-42(58)51-32(3)48(4,5)6/h1,17,20,26-28,32,34-35,37,52,57H,8-16,18-19,21-25,29-30H2,2-6H3,(H,51,58). The fraction of sp³-hybridized carbons (Fsp3) is 0.583. The van der Waals surface area contributed by atoms with E-state index in [0.29, 0.717) is 46.5 Å². The smallest absolute Gasteiger partial charge is 0.319 e. The molecule has 0 spiro atoms. The van der Waals surface area contributed by atoms with Crippen molar-refractivity contribution in [3.63, 3.8) is 0 Å². The summed E-state index contributed by atoms with van der Waals surface area (Å²) in [6.07, 6.45) is 21.9. The van der Waals surface area contributed by atoms with E-state index in [1.165, 1.54) is 44.6 Å². The number of benzene rings is 2. The number of aromatic nitrogens is 3. The molecule has 316 valence electrons. The molecular formula is C48H64FN7O3. The molecule has 59 heavy (non-hydrogen) atoms. The summed E-state index contributed by atoms with van der Waals surface area (Å²) < 4.78 is 21.7. The van der Waals surface area contributed by atoms with Crippen molar-refractivity contribution >= 4 is 33.4 Å². The van der Waals surface area contributed by atoms with Crippen molar-refractivity contribution in [2.24, 2.45) is 5.41 Å². The first-order valence-corrected chi connectivity index (χ1v) is 22.2. The number of terminal acetylenes is 1. The number of hydrogen-bond donors (Lipinski definition) is 3. The molecule has 3 fully saturated rings. The Balaban J connectivity index is 0.953. The van der Waals surface area contributed by atoms with Crippen LogP contribution in [0.25, 0.3) is 32.9 Å². The number of aromatic hydroxyl groups is 1. The van der Waals surface area contributed by atoms with Crippen LogP contribution in [0.5, 0.6) is 11.8 Å². The summed E-state index contributed by atoms with van der Waals surface area (Å²) in [6, 6.07) is 7.54. The number of rotatable bonds is 16. The number of unbranched alkanes of at least 4 members (excludes halogenated alkanes) is 7. The van der Waals surface area contributed by atoms with Crippen LogP contribution in [-0.4, -0.2) is 87.8 Å². The Morgan fingerprint density at radius 3 is 2.37 bits per heavy atom. The molecule has 1 amide bonds. The number of aryl methyl sites for hydroxylation is 1. The van der Waals surface area contributed by atoms with Crippen molar-refractivity contribution in [2.45, 2.75) is 142 Å². The van der Waals surface area contributed by atoms with Crippen molar-refractivity contribution in [3.8, 4) is 35.4 Å². The molecule has 7 rings (SSSR count). The van der Waals surface area contributed by atoms with E-state index in [1.807, 2.05) is 13.1 Å². The van der Waals surface area contributed by atoms with E-state index in [1.54, 1.807) is 18.2 Å². The number of phenols is 1. The van der Waals surface area contributed by atoms with E-state index < -0.39 is 5.82 Å². The Labute approximate surface area is 350 Å². The second-order valence-corrected chi connectivity index (χ2v) is 18.4. The van der Waals surface area contributed by atoms with Gasteiger partial charge in [0.05, 0.1) is 22.2 Å². The highest BCUT2D eigenvalue weighted by atomic mass is 19.1. The number of piperazine rings is 1. The molecule has 11 heteroatoms. The van der Waals surface area contributed by atoms with Gasteiger partial charge < -0.3 is 30.3 Å². The predicted molar refractivity (Wildman–Crippen MR) is 235 cm³/mol. The lowest BCUT2D eigenvalue weighted by molar-refractivity contribution is -0.122. The predicted octanol–water partition coefficient (Wildman–Crippen LogP) is 8.82. The van der Waals surface area contributed by atoms with E-state index >= 15 is 4.39 Å². The minimum absolute atomic E-state index is 0.0153. The van der Waals surface area contributed by atoms with Gasteiger partial charge in [-0.1, -0.05) is 71.3 Å². The maximum Gasteiger partial charge on any atom is 0.319 e. The molecule has 0 aliphatic carbocycles. The molecule has 3 atom stereocenters. The maximum absolute atomic E-state index is 15.0. The highest BCUT2D eigenvalue weighted by molar-refractivity contribution is 6.04. The molecule has 0 radical (unpaired) electrons. The van der Waals surface area contributed by atoms with Gasteiger partial charge in [0.2, 0.25) is 5.91 Å². The van der Waals surface area contributed by atoms with Crippen molar-refractivity contribution < 1.29 is 19.0 Å². The van der Waals surface area contributed by atoms with E-state index in [0.717, 1.165) is 93.5 Å². The number of phenolic OH excluding ortho intramolecular Hbond substituents is 1. The van der Waals surface area contributed by atoms with Gasteiger partial charge in [-0.2, -0.15) is 9.97 Å².